The first-order valence-electron chi connectivity index (χ1n) is 8.62. The van der Waals surface area contributed by atoms with Crippen molar-refractivity contribution in [2.75, 3.05) is 23.7 Å². The molecule has 1 aromatic carbocycles. The highest BCUT2D eigenvalue weighted by Crippen LogP contribution is 2.34. The topological polar surface area (TPSA) is 3.24 Å². The lowest BCUT2D eigenvalue weighted by Gasteiger charge is -2.39. The van der Waals surface area contributed by atoms with Crippen molar-refractivity contribution in [1.29, 1.82) is 0 Å². The summed E-state index contributed by atoms with van der Waals surface area (Å²) in [4.78, 5) is 2.59. The number of rotatable bonds is 11. The van der Waals surface area contributed by atoms with Crippen molar-refractivity contribution >= 4 is 18.3 Å². The summed E-state index contributed by atoms with van der Waals surface area (Å²) >= 11 is 4.72. The normalized spacial score (nSPS) is 11.6. The first-order valence-corrected chi connectivity index (χ1v) is 9.25. The summed E-state index contributed by atoms with van der Waals surface area (Å²) in [6, 6.07) is 10.9. The van der Waals surface area contributed by atoms with Gasteiger partial charge >= 0.3 is 0 Å². The van der Waals surface area contributed by atoms with Crippen LogP contribution >= 0.6 is 12.6 Å². The number of benzene rings is 1. The third kappa shape index (κ3) is 5.94. The Hall–Kier alpha value is -0.630. The summed E-state index contributed by atoms with van der Waals surface area (Å²) in [5.74, 6) is 0.990. The molecular formula is C19H33NS. The molecule has 0 unspecified atom stereocenters. The van der Waals surface area contributed by atoms with Gasteiger partial charge < -0.3 is 4.90 Å². The van der Waals surface area contributed by atoms with Gasteiger partial charge in [0.2, 0.25) is 0 Å². The van der Waals surface area contributed by atoms with E-state index in [2.05, 4.69) is 56.0 Å². The average Bonchev–Trinajstić information content (AvgIpc) is 2.52. The Balaban J connectivity index is 2.90. The van der Waals surface area contributed by atoms with E-state index in [1.807, 2.05) is 0 Å². The molecule has 0 N–H and O–H groups in total. The van der Waals surface area contributed by atoms with Crippen molar-refractivity contribution in [2.24, 2.45) is 5.41 Å². The van der Waals surface area contributed by atoms with E-state index in [0.717, 1.165) is 18.8 Å². The minimum atomic E-state index is 0.357. The van der Waals surface area contributed by atoms with Crippen molar-refractivity contribution in [2.45, 2.75) is 59.3 Å². The van der Waals surface area contributed by atoms with E-state index in [0.29, 0.717) is 5.41 Å². The van der Waals surface area contributed by atoms with Gasteiger partial charge in [-0.05, 0) is 42.6 Å². The number of hydrogen-bond donors (Lipinski definition) is 1. The molecule has 0 spiro atoms. The molecule has 2 heteroatoms. The zero-order valence-corrected chi connectivity index (χ0v) is 15.0. The zero-order chi connectivity index (χ0) is 15.6. The molecule has 0 amide bonds. The van der Waals surface area contributed by atoms with Gasteiger partial charge in [-0.15, -0.1) is 0 Å². The van der Waals surface area contributed by atoms with Crippen LogP contribution in [0.1, 0.15) is 59.3 Å². The summed E-state index contributed by atoms with van der Waals surface area (Å²) in [6.45, 7) is 9.16. The lowest BCUT2D eigenvalue weighted by molar-refractivity contribution is 0.277. The molecule has 0 heterocycles. The highest BCUT2D eigenvalue weighted by Gasteiger charge is 2.29. The first kappa shape index (κ1) is 18.4. The molecule has 1 aromatic rings. The van der Waals surface area contributed by atoms with Crippen LogP contribution in [0.3, 0.4) is 0 Å². The largest absolute Gasteiger partial charge is 0.371 e. The Labute approximate surface area is 137 Å². The number of nitrogens with zero attached hydrogens (tertiary/aromatic N) is 1. The van der Waals surface area contributed by atoms with Crippen LogP contribution in [-0.2, 0) is 0 Å². The van der Waals surface area contributed by atoms with Crippen LogP contribution in [0.25, 0.3) is 0 Å². The van der Waals surface area contributed by atoms with E-state index in [9.17, 15) is 0 Å². The second-order valence-electron chi connectivity index (χ2n) is 6.27. The van der Waals surface area contributed by atoms with Crippen LogP contribution in [0.15, 0.2) is 30.3 Å². The molecule has 1 nitrogen and oxygen atoms in total. The molecule has 0 aromatic heterocycles. The SMILES string of the molecule is CCCCN(CC(CS)(CCC)CCC)c1ccccc1. The second kappa shape index (κ2) is 10.2. The number of unbranched alkanes of at least 4 members (excludes halogenated alkanes) is 1. The third-order valence-electron chi connectivity index (χ3n) is 4.33. The van der Waals surface area contributed by atoms with E-state index in [4.69, 9.17) is 12.6 Å². The van der Waals surface area contributed by atoms with Gasteiger partial charge in [-0.25, -0.2) is 0 Å². The monoisotopic (exact) mass is 307 g/mol. The maximum Gasteiger partial charge on any atom is 0.0366 e. The van der Waals surface area contributed by atoms with Gasteiger partial charge in [0.05, 0.1) is 0 Å². The molecule has 1 rings (SSSR count). The molecule has 0 fully saturated rings. The Morgan fingerprint density at radius 3 is 2.05 bits per heavy atom. The maximum absolute atomic E-state index is 4.72. The minimum absolute atomic E-state index is 0.357. The van der Waals surface area contributed by atoms with Crippen LogP contribution in [0.2, 0.25) is 0 Å². The Kier molecular flexibility index (Phi) is 8.91. The number of thiol groups is 1. The lowest BCUT2D eigenvalue weighted by atomic mass is 9.80. The summed E-state index contributed by atoms with van der Waals surface area (Å²) in [6.07, 6.45) is 7.56. The Bertz CT molecular complexity index is 357. The van der Waals surface area contributed by atoms with Gasteiger partial charge in [0.1, 0.15) is 0 Å². The number of anilines is 1. The van der Waals surface area contributed by atoms with Crippen LogP contribution in [0, 0.1) is 5.41 Å². The van der Waals surface area contributed by atoms with Crippen LogP contribution < -0.4 is 4.90 Å². The van der Waals surface area contributed by atoms with Gasteiger partial charge in [0, 0.05) is 18.8 Å². The summed E-state index contributed by atoms with van der Waals surface area (Å²) in [5, 5.41) is 0. The third-order valence-corrected chi connectivity index (χ3v) is 5.00. The van der Waals surface area contributed by atoms with Crippen molar-refractivity contribution in [3.8, 4) is 0 Å². The molecule has 120 valence electrons. The molecule has 0 radical (unpaired) electrons. The molecule has 21 heavy (non-hydrogen) atoms. The summed E-state index contributed by atoms with van der Waals surface area (Å²) < 4.78 is 0. The van der Waals surface area contributed by atoms with Gasteiger partial charge in [-0.2, -0.15) is 12.6 Å². The molecule has 0 aliphatic rings. The van der Waals surface area contributed by atoms with Crippen molar-refractivity contribution in [3.63, 3.8) is 0 Å². The molecule has 0 aliphatic heterocycles. The molecule has 0 saturated heterocycles. The van der Waals surface area contributed by atoms with E-state index < -0.39 is 0 Å². The smallest absolute Gasteiger partial charge is 0.0366 e. The molecule has 0 aliphatic carbocycles. The molecule has 0 saturated carbocycles. The van der Waals surface area contributed by atoms with Gasteiger partial charge in [0.15, 0.2) is 0 Å². The second-order valence-corrected chi connectivity index (χ2v) is 6.58. The van der Waals surface area contributed by atoms with Gasteiger partial charge in [-0.3, -0.25) is 0 Å². The van der Waals surface area contributed by atoms with Gasteiger partial charge in [-0.1, -0.05) is 58.2 Å². The van der Waals surface area contributed by atoms with Crippen LogP contribution in [0.4, 0.5) is 5.69 Å². The molecule has 0 atom stereocenters. The van der Waals surface area contributed by atoms with E-state index in [1.54, 1.807) is 0 Å². The molecule has 0 bridgehead atoms. The fraction of sp³-hybridized carbons (Fsp3) is 0.684. The summed E-state index contributed by atoms with van der Waals surface area (Å²) in [7, 11) is 0. The predicted octanol–water partition coefficient (Wildman–Crippen LogP) is 5.81. The minimum Gasteiger partial charge on any atom is -0.371 e. The highest BCUT2D eigenvalue weighted by molar-refractivity contribution is 7.80. The van der Waals surface area contributed by atoms with E-state index in [1.165, 1.54) is 44.2 Å². The quantitative estimate of drug-likeness (QED) is 0.505. The van der Waals surface area contributed by atoms with Crippen LogP contribution in [0.5, 0.6) is 0 Å². The maximum atomic E-state index is 4.72. The van der Waals surface area contributed by atoms with E-state index in [-0.39, 0.29) is 0 Å². The fourth-order valence-electron chi connectivity index (χ4n) is 3.24. The Morgan fingerprint density at radius 1 is 0.952 bits per heavy atom. The average molecular weight is 308 g/mol. The fourth-order valence-corrected chi connectivity index (χ4v) is 3.66. The van der Waals surface area contributed by atoms with Crippen molar-refractivity contribution in [1.82, 2.24) is 0 Å². The molecular weight excluding hydrogens is 274 g/mol. The number of para-hydroxylation sites is 1. The number of hydrogen-bond acceptors (Lipinski definition) is 2. The van der Waals surface area contributed by atoms with Crippen molar-refractivity contribution in [3.05, 3.63) is 30.3 Å². The lowest BCUT2D eigenvalue weighted by Crippen LogP contribution is -2.40. The zero-order valence-electron chi connectivity index (χ0n) is 14.1. The van der Waals surface area contributed by atoms with E-state index >= 15 is 0 Å². The standard InChI is InChI=1S/C19H33NS/c1-4-7-15-20(18-11-9-8-10-12-18)16-19(17-21,13-5-2)14-6-3/h8-12,21H,4-7,13-17H2,1-3H3. The predicted molar refractivity (Wildman–Crippen MR) is 99.7 cm³/mol. The van der Waals surface area contributed by atoms with Crippen molar-refractivity contribution < 1.29 is 0 Å². The highest BCUT2D eigenvalue weighted by atomic mass is 32.1. The Morgan fingerprint density at radius 2 is 1.57 bits per heavy atom. The summed E-state index contributed by atoms with van der Waals surface area (Å²) in [5.41, 5.74) is 1.72. The van der Waals surface area contributed by atoms with Crippen LogP contribution in [-0.4, -0.2) is 18.8 Å². The van der Waals surface area contributed by atoms with Gasteiger partial charge in [0.25, 0.3) is 0 Å². The first-order chi connectivity index (χ1) is 10.2.